The topological polar surface area (TPSA) is 47.3 Å². The number of hydrogen-bond donors (Lipinski definition) is 2. The molecule has 1 saturated carbocycles. The second-order valence-corrected chi connectivity index (χ2v) is 5.35. The highest BCUT2D eigenvalue weighted by Gasteiger charge is 2.19. The molecular formula is C13H26N2O. The third-order valence-electron chi connectivity index (χ3n) is 3.89. The maximum Gasteiger partial charge on any atom is 0.0587 e. The van der Waals surface area contributed by atoms with Gasteiger partial charge in [0.25, 0.3) is 0 Å². The summed E-state index contributed by atoms with van der Waals surface area (Å²) in [7, 11) is 0. The Balaban J connectivity index is 1.56. The summed E-state index contributed by atoms with van der Waals surface area (Å²) in [6.07, 6.45) is 10.5. The van der Waals surface area contributed by atoms with E-state index in [-0.39, 0.29) is 0 Å². The lowest BCUT2D eigenvalue weighted by Crippen LogP contribution is -2.40. The molecule has 1 saturated heterocycles. The zero-order valence-corrected chi connectivity index (χ0v) is 10.3. The molecule has 0 spiro atoms. The second-order valence-electron chi connectivity index (χ2n) is 5.35. The standard InChI is InChI=1S/C13H26N2O/c14-11-4-3-5-12(10-11)15-8-7-13-6-1-2-9-16-13/h11-13,15H,1-10,14H2. The van der Waals surface area contributed by atoms with Crippen LogP contribution in [-0.4, -0.2) is 31.3 Å². The van der Waals surface area contributed by atoms with Crippen molar-refractivity contribution in [1.82, 2.24) is 5.32 Å². The smallest absolute Gasteiger partial charge is 0.0587 e. The average Bonchev–Trinajstić information content (AvgIpc) is 2.30. The Kier molecular flexibility index (Phi) is 5.07. The van der Waals surface area contributed by atoms with Crippen LogP contribution in [-0.2, 0) is 4.74 Å². The van der Waals surface area contributed by atoms with E-state index in [1.807, 2.05) is 0 Å². The fourth-order valence-electron chi connectivity index (χ4n) is 2.90. The van der Waals surface area contributed by atoms with Gasteiger partial charge in [0.1, 0.15) is 0 Å². The molecule has 94 valence electrons. The van der Waals surface area contributed by atoms with E-state index in [1.54, 1.807) is 0 Å². The molecule has 3 unspecified atom stereocenters. The highest BCUT2D eigenvalue weighted by atomic mass is 16.5. The summed E-state index contributed by atoms with van der Waals surface area (Å²) >= 11 is 0. The lowest BCUT2D eigenvalue weighted by Gasteiger charge is -2.29. The lowest BCUT2D eigenvalue weighted by molar-refractivity contribution is 0.0110. The van der Waals surface area contributed by atoms with Crippen LogP contribution in [0, 0.1) is 0 Å². The minimum Gasteiger partial charge on any atom is -0.378 e. The minimum absolute atomic E-state index is 0.428. The number of ether oxygens (including phenoxy) is 1. The van der Waals surface area contributed by atoms with E-state index in [0.717, 1.165) is 19.6 Å². The molecule has 3 N–H and O–H groups in total. The molecule has 1 aliphatic carbocycles. The first-order valence-corrected chi connectivity index (χ1v) is 6.95. The highest BCUT2D eigenvalue weighted by Crippen LogP contribution is 2.18. The molecule has 3 atom stereocenters. The first kappa shape index (κ1) is 12.3. The van der Waals surface area contributed by atoms with E-state index in [2.05, 4.69) is 5.32 Å². The molecule has 0 amide bonds. The van der Waals surface area contributed by atoms with Gasteiger partial charge in [0.2, 0.25) is 0 Å². The van der Waals surface area contributed by atoms with E-state index >= 15 is 0 Å². The summed E-state index contributed by atoms with van der Waals surface area (Å²) in [5, 5.41) is 3.64. The van der Waals surface area contributed by atoms with E-state index in [4.69, 9.17) is 10.5 Å². The van der Waals surface area contributed by atoms with E-state index in [9.17, 15) is 0 Å². The van der Waals surface area contributed by atoms with Crippen LogP contribution in [0.4, 0.5) is 0 Å². The predicted octanol–water partition coefficient (Wildman–Crippen LogP) is 1.81. The van der Waals surface area contributed by atoms with Crippen molar-refractivity contribution in [1.29, 1.82) is 0 Å². The molecule has 2 rings (SSSR count). The number of rotatable bonds is 4. The predicted molar refractivity (Wildman–Crippen MR) is 66.4 cm³/mol. The molecular weight excluding hydrogens is 200 g/mol. The molecule has 0 aromatic heterocycles. The number of nitrogens with two attached hydrogens (primary N) is 1. The third-order valence-corrected chi connectivity index (χ3v) is 3.89. The largest absolute Gasteiger partial charge is 0.378 e. The average molecular weight is 226 g/mol. The van der Waals surface area contributed by atoms with Crippen molar-refractivity contribution >= 4 is 0 Å². The zero-order chi connectivity index (χ0) is 11.2. The molecule has 0 aromatic carbocycles. The van der Waals surface area contributed by atoms with Crippen molar-refractivity contribution < 1.29 is 4.74 Å². The van der Waals surface area contributed by atoms with E-state index in [1.165, 1.54) is 44.9 Å². The van der Waals surface area contributed by atoms with Gasteiger partial charge in [0, 0.05) is 18.7 Å². The van der Waals surface area contributed by atoms with Crippen molar-refractivity contribution in [3.8, 4) is 0 Å². The third kappa shape index (κ3) is 4.04. The summed E-state index contributed by atoms with van der Waals surface area (Å²) in [4.78, 5) is 0. The van der Waals surface area contributed by atoms with Crippen LogP contribution in [0.3, 0.4) is 0 Å². The van der Waals surface area contributed by atoms with Crippen LogP contribution in [0.1, 0.15) is 51.4 Å². The quantitative estimate of drug-likeness (QED) is 0.768. The Morgan fingerprint density at radius 2 is 2.06 bits per heavy atom. The molecule has 3 heteroatoms. The maximum atomic E-state index is 5.97. The molecule has 2 fully saturated rings. The van der Waals surface area contributed by atoms with Crippen molar-refractivity contribution in [2.45, 2.75) is 69.6 Å². The van der Waals surface area contributed by atoms with Gasteiger partial charge in [0.05, 0.1) is 6.10 Å². The maximum absolute atomic E-state index is 5.97. The van der Waals surface area contributed by atoms with Crippen LogP contribution < -0.4 is 11.1 Å². The summed E-state index contributed by atoms with van der Waals surface area (Å²) in [6, 6.07) is 1.09. The van der Waals surface area contributed by atoms with E-state index < -0.39 is 0 Å². The van der Waals surface area contributed by atoms with Gasteiger partial charge in [0.15, 0.2) is 0 Å². The number of hydrogen-bond acceptors (Lipinski definition) is 3. The minimum atomic E-state index is 0.428. The normalized spacial score (nSPS) is 36.2. The zero-order valence-electron chi connectivity index (χ0n) is 10.3. The van der Waals surface area contributed by atoms with Crippen LogP contribution >= 0.6 is 0 Å². The Morgan fingerprint density at radius 3 is 2.81 bits per heavy atom. The SMILES string of the molecule is NC1CCCC(NCCC2CCCCO2)C1. The van der Waals surface area contributed by atoms with Crippen molar-refractivity contribution in [2.24, 2.45) is 5.73 Å². The number of nitrogens with one attached hydrogen (secondary N) is 1. The Bertz CT molecular complexity index is 192. The van der Waals surface area contributed by atoms with Crippen molar-refractivity contribution in [2.75, 3.05) is 13.2 Å². The molecule has 0 bridgehead atoms. The van der Waals surface area contributed by atoms with Gasteiger partial charge in [-0.1, -0.05) is 6.42 Å². The summed E-state index contributed by atoms with van der Waals surface area (Å²) in [6.45, 7) is 2.07. The fourth-order valence-corrected chi connectivity index (χ4v) is 2.90. The Labute approximate surface area is 99.1 Å². The Hall–Kier alpha value is -0.120. The molecule has 1 heterocycles. The Morgan fingerprint density at radius 1 is 1.12 bits per heavy atom. The molecule has 2 aliphatic rings. The van der Waals surface area contributed by atoms with Gasteiger partial charge in [-0.15, -0.1) is 0 Å². The van der Waals surface area contributed by atoms with Gasteiger partial charge in [-0.05, 0) is 51.5 Å². The van der Waals surface area contributed by atoms with Crippen molar-refractivity contribution in [3.05, 3.63) is 0 Å². The first-order valence-electron chi connectivity index (χ1n) is 6.95. The summed E-state index contributed by atoms with van der Waals surface area (Å²) in [5.74, 6) is 0. The van der Waals surface area contributed by atoms with Gasteiger partial charge >= 0.3 is 0 Å². The first-order chi connectivity index (χ1) is 7.84. The van der Waals surface area contributed by atoms with Crippen LogP contribution in [0.25, 0.3) is 0 Å². The highest BCUT2D eigenvalue weighted by molar-refractivity contribution is 4.80. The second kappa shape index (κ2) is 6.58. The van der Waals surface area contributed by atoms with Crippen LogP contribution in [0.15, 0.2) is 0 Å². The summed E-state index contributed by atoms with van der Waals surface area (Å²) in [5.41, 5.74) is 5.97. The lowest BCUT2D eigenvalue weighted by atomic mass is 9.91. The molecule has 1 aliphatic heterocycles. The van der Waals surface area contributed by atoms with Gasteiger partial charge in [-0.3, -0.25) is 0 Å². The molecule has 16 heavy (non-hydrogen) atoms. The van der Waals surface area contributed by atoms with E-state index in [0.29, 0.717) is 18.2 Å². The van der Waals surface area contributed by atoms with Gasteiger partial charge in [-0.25, -0.2) is 0 Å². The molecule has 0 radical (unpaired) electrons. The van der Waals surface area contributed by atoms with Crippen LogP contribution in [0.5, 0.6) is 0 Å². The van der Waals surface area contributed by atoms with Crippen molar-refractivity contribution in [3.63, 3.8) is 0 Å². The monoisotopic (exact) mass is 226 g/mol. The fraction of sp³-hybridized carbons (Fsp3) is 1.00. The molecule has 0 aromatic rings. The van der Waals surface area contributed by atoms with Gasteiger partial charge < -0.3 is 15.8 Å². The molecule has 3 nitrogen and oxygen atoms in total. The summed E-state index contributed by atoms with van der Waals surface area (Å²) < 4.78 is 5.72. The van der Waals surface area contributed by atoms with Crippen LogP contribution in [0.2, 0.25) is 0 Å². The van der Waals surface area contributed by atoms with Gasteiger partial charge in [-0.2, -0.15) is 0 Å².